The topological polar surface area (TPSA) is 66.4 Å². The molecule has 3 aliphatic rings. The minimum absolute atomic E-state index is 0.0256. The molecule has 2 bridgehead atoms. The number of hydrogen-bond donors (Lipinski definition) is 2. The van der Waals surface area contributed by atoms with Crippen LogP contribution in [0.1, 0.15) is 12.8 Å². The van der Waals surface area contributed by atoms with Gasteiger partial charge in [-0.15, -0.1) is 0 Å². The normalized spacial score (nSPS) is 51.1. The molecule has 4 heteroatoms. The third-order valence-corrected chi connectivity index (χ3v) is 3.92. The van der Waals surface area contributed by atoms with Crippen LogP contribution in [0.15, 0.2) is 0 Å². The van der Waals surface area contributed by atoms with E-state index in [4.69, 9.17) is 5.11 Å². The highest BCUT2D eigenvalue weighted by Crippen LogP contribution is 2.55. The largest absolute Gasteiger partial charge is 0.481 e. The van der Waals surface area contributed by atoms with E-state index in [0.29, 0.717) is 5.92 Å². The Hall–Kier alpha value is -1.06. The fourth-order valence-electron chi connectivity index (χ4n) is 3.52. The molecule has 3 rings (SSSR count). The van der Waals surface area contributed by atoms with Crippen LogP contribution in [0.4, 0.5) is 0 Å². The zero-order valence-corrected chi connectivity index (χ0v) is 7.06. The number of nitrogens with one attached hydrogen (secondary N) is 1. The summed E-state index contributed by atoms with van der Waals surface area (Å²) in [7, 11) is 0. The van der Waals surface area contributed by atoms with E-state index in [1.54, 1.807) is 0 Å². The van der Waals surface area contributed by atoms with Crippen molar-refractivity contribution in [3.8, 4) is 0 Å². The van der Waals surface area contributed by atoms with E-state index in [1.807, 2.05) is 0 Å². The van der Waals surface area contributed by atoms with Gasteiger partial charge >= 0.3 is 5.97 Å². The molecule has 0 aromatic heterocycles. The molecule has 2 unspecified atom stereocenters. The van der Waals surface area contributed by atoms with Crippen LogP contribution in [0.3, 0.4) is 0 Å². The van der Waals surface area contributed by atoms with Gasteiger partial charge in [-0.25, -0.2) is 0 Å². The van der Waals surface area contributed by atoms with Crippen LogP contribution in [0.5, 0.6) is 0 Å². The zero-order chi connectivity index (χ0) is 9.16. The highest BCUT2D eigenvalue weighted by molar-refractivity contribution is 5.89. The SMILES string of the molecule is O=C1NC2C[C@@H]3C[C@@H]2C1[C@H]3C(=O)O. The molecule has 0 aromatic rings. The average Bonchev–Trinajstić information content (AvgIpc) is 2.60. The van der Waals surface area contributed by atoms with Crippen molar-refractivity contribution < 1.29 is 14.7 Å². The average molecular weight is 181 g/mol. The first-order valence-electron chi connectivity index (χ1n) is 4.71. The Bertz CT molecular complexity index is 299. The van der Waals surface area contributed by atoms with Crippen LogP contribution in [0.2, 0.25) is 0 Å². The molecular formula is C9H11NO3. The predicted molar refractivity (Wildman–Crippen MR) is 42.8 cm³/mol. The standard InChI is InChI=1S/C9H11NO3/c11-8-7-4-1-3(2-5(4)10-8)6(7)9(12)13/h3-7H,1-2H2,(H,10,11)(H,12,13)/t3-,4-,5?,6-,7?/m0/s1. The molecule has 1 heterocycles. The monoisotopic (exact) mass is 181 g/mol. The molecule has 5 atom stereocenters. The third kappa shape index (κ3) is 0.716. The summed E-state index contributed by atoms with van der Waals surface area (Å²) in [6.07, 6.45) is 1.81. The zero-order valence-electron chi connectivity index (χ0n) is 7.06. The minimum Gasteiger partial charge on any atom is -0.481 e. The summed E-state index contributed by atoms with van der Waals surface area (Å²) in [5, 5.41) is 11.9. The molecule has 1 aliphatic heterocycles. The lowest BCUT2D eigenvalue weighted by molar-refractivity contribution is -0.147. The number of carboxylic acids is 1. The molecule has 70 valence electrons. The van der Waals surface area contributed by atoms with Gasteiger partial charge in [-0.2, -0.15) is 0 Å². The Labute approximate surface area is 75.3 Å². The van der Waals surface area contributed by atoms with Crippen LogP contribution in [0, 0.1) is 23.7 Å². The summed E-state index contributed by atoms with van der Waals surface area (Å²) >= 11 is 0. The minimum atomic E-state index is -0.784. The van der Waals surface area contributed by atoms with Crippen LogP contribution in [-0.2, 0) is 9.59 Å². The first-order valence-corrected chi connectivity index (χ1v) is 4.71. The summed E-state index contributed by atoms with van der Waals surface area (Å²) in [6.45, 7) is 0. The maximum Gasteiger partial charge on any atom is 0.307 e. The first-order chi connectivity index (χ1) is 6.18. The fourth-order valence-corrected chi connectivity index (χ4v) is 3.52. The number of carbonyl (C=O) groups is 2. The van der Waals surface area contributed by atoms with E-state index in [0.717, 1.165) is 12.8 Å². The van der Waals surface area contributed by atoms with Crippen molar-refractivity contribution in [3.05, 3.63) is 0 Å². The molecule has 4 nitrogen and oxygen atoms in total. The van der Waals surface area contributed by atoms with Crippen molar-refractivity contribution in [2.24, 2.45) is 23.7 Å². The molecule has 2 saturated carbocycles. The summed E-state index contributed by atoms with van der Waals surface area (Å²) < 4.78 is 0. The molecule has 2 aliphatic carbocycles. The number of amides is 1. The van der Waals surface area contributed by atoms with Crippen molar-refractivity contribution in [1.82, 2.24) is 5.32 Å². The van der Waals surface area contributed by atoms with Gasteiger partial charge in [-0.1, -0.05) is 0 Å². The van der Waals surface area contributed by atoms with E-state index in [2.05, 4.69) is 5.32 Å². The van der Waals surface area contributed by atoms with Crippen LogP contribution in [-0.4, -0.2) is 23.0 Å². The van der Waals surface area contributed by atoms with Crippen molar-refractivity contribution in [2.45, 2.75) is 18.9 Å². The Morgan fingerprint density at radius 2 is 2.23 bits per heavy atom. The number of carbonyl (C=O) groups excluding carboxylic acids is 1. The lowest BCUT2D eigenvalue weighted by Crippen LogP contribution is -2.31. The summed E-state index contributed by atoms with van der Waals surface area (Å²) in [4.78, 5) is 22.4. The second-order valence-electron chi connectivity index (χ2n) is 4.40. The van der Waals surface area contributed by atoms with E-state index in [1.165, 1.54) is 0 Å². The maximum absolute atomic E-state index is 11.4. The van der Waals surface area contributed by atoms with E-state index in [-0.39, 0.29) is 23.8 Å². The van der Waals surface area contributed by atoms with Gasteiger partial charge in [0, 0.05) is 6.04 Å². The predicted octanol–water partition coefficient (Wildman–Crippen LogP) is -0.158. The van der Waals surface area contributed by atoms with E-state index in [9.17, 15) is 9.59 Å². The summed E-state index contributed by atoms with van der Waals surface area (Å²) in [6, 6.07) is 0.290. The quantitative estimate of drug-likeness (QED) is 0.590. The number of carboxylic acid groups (broad SMARTS) is 1. The number of hydrogen-bond acceptors (Lipinski definition) is 2. The second kappa shape index (κ2) is 2.05. The molecule has 1 amide bonds. The first kappa shape index (κ1) is 7.35. The summed E-state index contributed by atoms with van der Waals surface area (Å²) in [5.41, 5.74) is 0. The molecule has 0 radical (unpaired) electrons. The lowest BCUT2D eigenvalue weighted by atomic mass is 9.80. The van der Waals surface area contributed by atoms with E-state index < -0.39 is 11.9 Å². The van der Waals surface area contributed by atoms with Gasteiger partial charge in [0.25, 0.3) is 0 Å². The lowest BCUT2D eigenvalue weighted by Gasteiger charge is -2.21. The molecule has 0 spiro atoms. The number of fused-ring (bicyclic) bond motifs is 1. The Morgan fingerprint density at radius 1 is 1.46 bits per heavy atom. The van der Waals surface area contributed by atoms with Gasteiger partial charge in [0.2, 0.25) is 5.91 Å². The Morgan fingerprint density at radius 3 is 2.92 bits per heavy atom. The van der Waals surface area contributed by atoms with Gasteiger partial charge < -0.3 is 10.4 Å². The molecule has 3 fully saturated rings. The molecule has 2 N–H and O–H groups in total. The van der Waals surface area contributed by atoms with Crippen molar-refractivity contribution in [1.29, 1.82) is 0 Å². The van der Waals surface area contributed by atoms with Crippen LogP contribution < -0.4 is 5.32 Å². The van der Waals surface area contributed by atoms with Gasteiger partial charge in [-0.3, -0.25) is 9.59 Å². The highest BCUT2D eigenvalue weighted by atomic mass is 16.4. The fraction of sp³-hybridized carbons (Fsp3) is 0.778. The van der Waals surface area contributed by atoms with Crippen LogP contribution >= 0.6 is 0 Å². The van der Waals surface area contributed by atoms with Crippen molar-refractivity contribution in [2.75, 3.05) is 0 Å². The Kier molecular flexibility index (Phi) is 1.16. The van der Waals surface area contributed by atoms with Crippen molar-refractivity contribution >= 4 is 11.9 Å². The Balaban J connectivity index is 2.01. The van der Waals surface area contributed by atoms with Gasteiger partial charge in [0.1, 0.15) is 0 Å². The van der Waals surface area contributed by atoms with Gasteiger partial charge in [0.15, 0.2) is 0 Å². The highest BCUT2D eigenvalue weighted by Gasteiger charge is 2.62. The second-order valence-corrected chi connectivity index (χ2v) is 4.40. The molecule has 13 heavy (non-hydrogen) atoms. The van der Waals surface area contributed by atoms with Crippen LogP contribution in [0.25, 0.3) is 0 Å². The van der Waals surface area contributed by atoms with Gasteiger partial charge in [0.05, 0.1) is 11.8 Å². The van der Waals surface area contributed by atoms with E-state index >= 15 is 0 Å². The third-order valence-electron chi connectivity index (χ3n) is 3.92. The molecular weight excluding hydrogens is 170 g/mol. The van der Waals surface area contributed by atoms with Gasteiger partial charge in [-0.05, 0) is 24.7 Å². The summed E-state index contributed by atoms with van der Waals surface area (Å²) in [5.74, 6) is -0.865. The number of aliphatic carboxylic acids is 1. The smallest absolute Gasteiger partial charge is 0.307 e. The molecule has 1 saturated heterocycles. The maximum atomic E-state index is 11.4. The van der Waals surface area contributed by atoms with Crippen molar-refractivity contribution in [3.63, 3.8) is 0 Å². The number of rotatable bonds is 1. The molecule has 0 aromatic carbocycles.